The summed E-state index contributed by atoms with van der Waals surface area (Å²) in [5.41, 5.74) is 0. The van der Waals surface area contributed by atoms with Gasteiger partial charge >= 0.3 is 11.9 Å². The number of hydrogen-bond donors (Lipinski definition) is 0. The molecule has 0 amide bonds. The van der Waals surface area contributed by atoms with Gasteiger partial charge < -0.3 is 14.2 Å². The fraction of sp³-hybridized carbons (Fsp3) is 0.619. The first kappa shape index (κ1) is 64.0. The molecule has 0 saturated heterocycles. The number of hydrogen-bond acceptors (Lipinski definition) is 5. The van der Waals surface area contributed by atoms with E-state index < -0.39 is 6.10 Å². The van der Waals surface area contributed by atoms with Crippen LogP contribution in [-0.4, -0.2) is 37.9 Å². The van der Waals surface area contributed by atoms with Crippen molar-refractivity contribution in [2.75, 3.05) is 19.8 Å². The zero-order valence-corrected chi connectivity index (χ0v) is 44.1. The molecule has 0 aliphatic carbocycles. The highest BCUT2D eigenvalue weighted by atomic mass is 16.6. The molecule has 0 bridgehead atoms. The Morgan fingerprint density at radius 2 is 0.662 bits per heavy atom. The van der Waals surface area contributed by atoms with E-state index in [1.807, 2.05) is 0 Å². The third-order valence-electron chi connectivity index (χ3n) is 11.2. The quantitative estimate of drug-likeness (QED) is 0.0345. The maximum Gasteiger partial charge on any atom is 0.306 e. The number of rotatable bonds is 49. The topological polar surface area (TPSA) is 61.8 Å². The largest absolute Gasteiger partial charge is 0.462 e. The average Bonchev–Trinajstić information content (AvgIpc) is 3.34. The zero-order valence-electron chi connectivity index (χ0n) is 44.1. The second-order valence-electron chi connectivity index (χ2n) is 17.7. The standard InChI is InChI=1S/C63H102O5/c1-4-7-10-13-16-19-22-25-28-30-32-33-36-38-41-44-47-50-53-56-62(64)67-60-61(68-63(65)57-54-51-48-45-42-39-35-27-24-21-18-15-12-9-6-3)59-66-58-55-52-49-46-43-40-37-34-31-29-26-23-20-17-14-11-8-5-2/h8-9,11-12,16-21,25-29,32-35,37,42,45,61H,4-7,10,13-15,22-24,30-31,36,38-41,43-44,46-60H2,1-3H3/b11-8-,12-9-,19-16-,20-17-,21-18-,28-25-,29-26-,33-32-,35-27-,37-34-,45-42-. The minimum Gasteiger partial charge on any atom is -0.462 e. The molecule has 5 nitrogen and oxygen atoms in total. The van der Waals surface area contributed by atoms with E-state index in [2.05, 4.69) is 154 Å². The van der Waals surface area contributed by atoms with E-state index in [1.54, 1.807) is 0 Å². The van der Waals surface area contributed by atoms with E-state index in [1.165, 1.54) is 64.2 Å². The summed E-state index contributed by atoms with van der Waals surface area (Å²) in [6.07, 6.45) is 81.8. The minimum absolute atomic E-state index is 0.0449. The van der Waals surface area contributed by atoms with Gasteiger partial charge in [-0.25, -0.2) is 0 Å². The molecule has 1 unspecified atom stereocenters. The van der Waals surface area contributed by atoms with Crippen LogP contribution in [0.3, 0.4) is 0 Å². The fourth-order valence-corrected chi connectivity index (χ4v) is 7.09. The van der Waals surface area contributed by atoms with Gasteiger partial charge in [0, 0.05) is 19.4 Å². The Kier molecular flexibility index (Phi) is 54.0. The van der Waals surface area contributed by atoms with Crippen molar-refractivity contribution in [2.45, 2.75) is 232 Å². The van der Waals surface area contributed by atoms with Crippen LogP contribution in [0.2, 0.25) is 0 Å². The summed E-state index contributed by atoms with van der Waals surface area (Å²) in [5.74, 6) is -0.478. The normalized spacial score (nSPS) is 13.3. The monoisotopic (exact) mass is 939 g/mol. The predicted octanol–water partition coefficient (Wildman–Crippen LogP) is 19.1. The van der Waals surface area contributed by atoms with E-state index in [0.717, 1.165) is 128 Å². The molecule has 0 N–H and O–H groups in total. The van der Waals surface area contributed by atoms with Gasteiger partial charge in [-0.1, -0.05) is 212 Å². The highest BCUT2D eigenvalue weighted by molar-refractivity contribution is 5.70. The second kappa shape index (κ2) is 57.4. The molecule has 0 heterocycles. The predicted molar refractivity (Wildman–Crippen MR) is 297 cm³/mol. The summed E-state index contributed by atoms with van der Waals surface area (Å²) < 4.78 is 17.4. The summed E-state index contributed by atoms with van der Waals surface area (Å²) in [5, 5.41) is 0. The van der Waals surface area contributed by atoms with Gasteiger partial charge in [0.25, 0.3) is 0 Å². The Balaban J connectivity index is 4.42. The Labute approximate surface area is 419 Å². The summed E-state index contributed by atoms with van der Waals surface area (Å²) in [6, 6.07) is 0. The van der Waals surface area contributed by atoms with Crippen LogP contribution in [0.5, 0.6) is 0 Å². The zero-order chi connectivity index (χ0) is 49.2. The smallest absolute Gasteiger partial charge is 0.306 e. The first-order valence-electron chi connectivity index (χ1n) is 27.7. The van der Waals surface area contributed by atoms with Crippen molar-refractivity contribution in [1.29, 1.82) is 0 Å². The number of allylic oxidation sites excluding steroid dienone is 22. The number of carbonyl (C=O) groups is 2. The molecule has 384 valence electrons. The number of ether oxygens (including phenoxy) is 3. The molecular formula is C63H102O5. The lowest BCUT2D eigenvalue weighted by Crippen LogP contribution is -2.30. The highest BCUT2D eigenvalue weighted by Gasteiger charge is 2.17. The molecule has 0 aromatic carbocycles. The molecular weight excluding hydrogens is 837 g/mol. The van der Waals surface area contributed by atoms with E-state index in [-0.39, 0.29) is 25.2 Å². The lowest BCUT2D eigenvalue weighted by atomic mass is 10.1. The molecule has 5 heteroatoms. The molecule has 68 heavy (non-hydrogen) atoms. The molecule has 0 aliphatic heterocycles. The first-order valence-corrected chi connectivity index (χ1v) is 27.7. The van der Waals surface area contributed by atoms with Crippen LogP contribution in [-0.2, 0) is 23.8 Å². The van der Waals surface area contributed by atoms with E-state index in [0.29, 0.717) is 19.4 Å². The number of carbonyl (C=O) groups excluding carboxylic acids is 2. The van der Waals surface area contributed by atoms with E-state index >= 15 is 0 Å². The van der Waals surface area contributed by atoms with Gasteiger partial charge in [-0.3, -0.25) is 9.59 Å². The Hall–Kier alpha value is -3.96. The van der Waals surface area contributed by atoms with Crippen LogP contribution >= 0.6 is 0 Å². The Morgan fingerprint density at radius 3 is 1.09 bits per heavy atom. The second-order valence-corrected chi connectivity index (χ2v) is 17.7. The van der Waals surface area contributed by atoms with Crippen LogP contribution in [0.15, 0.2) is 134 Å². The van der Waals surface area contributed by atoms with Crippen LogP contribution < -0.4 is 0 Å². The molecule has 0 rings (SSSR count). The molecule has 0 spiro atoms. The van der Waals surface area contributed by atoms with E-state index in [9.17, 15) is 9.59 Å². The molecule has 0 radical (unpaired) electrons. The van der Waals surface area contributed by atoms with Gasteiger partial charge in [0.2, 0.25) is 0 Å². The van der Waals surface area contributed by atoms with Crippen molar-refractivity contribution in [1.82, 2.24) is 0 Å². The third kappa shape index (κ3) is 54.6. The van der Waals surface area contributed by atoms with Gasteiger partial charge in [-0.2, -0.15) is 0 Å². The third-order valence-corrected chi connectivity index (χ3v) is 11.2. The molecule has 1 atom stereocenters. The van der Waals surface area contributed by atoms with Crippen LogP contribution in [0.4, 0.5) is 0 Å². The van der Waals surface area contributed by atoms with Gasteiger partial charge in [0.1, 0.15) is 6.61 Å². The summed E-state index contributed by atoms with van der Waals surface area (Å²) in [4.78, 5) is 25.5. The van der Waals surface area contributed by atoms with Crippen molar-refractivity contribution in [3.8, 4) is 0 Å². The van der Waals surface area contributed by atoms with E-state index in [4.69, 9.17) is 14.2 Å². The molecule has 0 aliphatic rings. The fourth-order valence-electron chi connectivity index (χ4n) is 7.09. The summed E-state index contributed by atoms with van der Waals surface area (Å²) in [6.45, 7) is 7.46. The van der Waals surface area contributed by atoms with Gasteiger partial charge in [0.05, 0.1) is 6.61 Å². The Morgan fingerprint density at radius 1 is 0.338 bits per heavy atom. The lowest BCUT2D eigenvalue weighted by molar-refractivity contribution is -0.163. The minimum atomic E-state index is -0.584. The summed E-state index contributed by atoms with van der Waals surface area (Å²) >= 11 is 0. The highest BCUT2D eigenvalue weighted by Crippen LogP contribution is 2.12. The molecule has 0 aromatic rings. The SMILES string of the molecule is CC/C=C\C/C=C\C/C=C\C/C=C\CCCCCCCOCC(COC(=O)CCCCCCCC/C=C\C/C=C\C/C=C\CCCCC)OC(=O)CCCC/C=C\C/C=C\C/C=C\C/C=C\CC. The Bertz CT molecular complexity index is 1430. The van der Waals surface area contributed by atoms with Crippen molar-refractivity contribution < 1.29 is 23.8 Å². The lowest BCUT2D eigenvalue weighted by Gasteiger charge is -2.18. The maximum absolute atomic E-state index is 12.8. The van der Waals surface area contributed by atoms with Crippen molar-refractivity contribution in [2.24, 2.45) is 0 Å². The van der Waals surface area contributed by atoms with Gasteiger partial charge in [-0.15, -0.1) is 0 Å². The van der Waals surface area contributed by atoms with Crippen LogP contribution in [0, 0.1) is 0 Å². The van der Waals surface area contributed by atoms with Gasteiger partial charge in [0.15, 0.2) is 6.10 Å². The van der Waals surface area contributed by atoms with Crippen LogP contribution in [0.1, 0.15) is 226 Å². The summed E-state index contributed by atoms with van der Waals surface area (Å²) in [7, 11) is 0. The van der Waals surface area contributed by atoms with Crippen molar-refractivity contribution in [3.63, 3.8) is 0 Å². The average molecular weight is 940 g/mol. The van der Waals surface area contributed by atoms with Crippen molar-refractivity contribution >= 4 is 11.9 Å². The van der Waals surface area contributed by atoms with Gasteiger partial charge in [-0.05, 0) is 135 Å². The first-order chi connectivity index (χ1) is 33.6. The maximum atomic E-state index is 12.8. The molecule has 0 fully saturated rings. The molecule has 0 saturated carbocycles. The number of unbranched alkanes of at least 4 members (excludes halogenated alkanes) is 16. The van der Waals surface area contributed by atoms with Crippen LogP contribution in [0.25, 0.3) is 0 Å². The molecule has 0 aromatic heterocycles. The number of esters is 2. The van der Waals surface area contributed by atoms with Crippen molar-refractivity contribution in [3.05, 3.63) is 134 Å².